The van der Waals surface area contributed by atoms with Crippen LogP contribution in [0.15, 0.2) is 48.5 Å². The lowest BCUT2D eigenvalue weighted by molar-refractivity contribution is -0.121. The highest BCUT2D eigenvalue weighted by Gasteiger charge is 2.25. The average molecular weight is 383 g/mol. The second kappa shape index (κ2) is 9.60. The van der Waals surface area contributed by atoms with E-state index in [-0.39, 0.29) is 17.9 Å². The van der Waals surface area contributed by atoms with Crippen LogP contribution in [0, 0.1) is 5.92 Å². The predicted octanol–water partition coefficient (Wildman–Crippen LogP) is 4.33. The number of anilines is 1. The van der Waals surface area contributed by atoms with Crippen LogP contribution in [0.25, 0.3) is 0 Å². The van der Waals surface area contributed by atoms with Gasteiger partial charge in [0.15, 0.2) is 0 Å². The maximum Gasteiger partial charge on any atom is 0.227 e. The van der Waals surface area contributed by atoms with Crippen molar-refractivity contribution in [3.05, 3.63) is 54.1 Å². The minimum absolute atomic E-state index is 0.0521. The molecule has 0 atom stereocenters. The molecule has 0 radical (unpaired) electrons. The monoisotopic (exact) mass is 382 g/mol. The normalized spacial score (nSPS) is 15.4. The zero-order valence-electron chi connectivity index (χ0n) is 17.0. The van der Waals surface area contributed by atoms with Gasteiger partial charge in [-0.25, -0.2) is 0 Å². The number of hydrogen-bond acceptors (Lipinski definition) is 4. The third-order valence-corrected chi connectivity index (χ3v) is 4.97. The van der Waals surface area contributed by atoms with Gasteiger partial charge in [-0.05, 0) is 69.6 Å². The van der Waals surface area contributed by atoms with Gasteiger partial charge in [0.1, 0.15) is 11.5 Å². The first-order valence-electron chi connectivity index (χ1n) is 9.96. The van der Waals surface area contributed by atoms with Crippen LogP contribution in [0.2, 0.25) is 0 Å². The van der Waals surface area contributed by atoms with Crippen molar-refractivity contribution in [2.45, 2.75) is 39.3 Å². The van der Waals surface area contributed by atoms with E-state index in [0.29, 0.717) is 0 Å². The number of likely N-dealkylation sites (tertiary alicyclic amines) is 1. The molecule has 28 heavy (non-hydrogen) atoms. The second-order valence-electron chi connectivity index (χ2n) is 7.59. The van der Waals surface area contributed by atoms with Gasteiger partial charge in [-0.15, -0.1) is 0 Å². The lowest BCUT2D eigenvalue weighted by atomic mass is 9.95. The van der Waals surface area contributed by atoms with Crippen LogP contribution in [-0.2, 0) is 11.3 Å². The zero-order valence-corrected chi connectivity index (χ0v) is 17.0. The van der Waals surface area contributed by atoms with Crippen LogP contribution < -0.4 is 14.8 Å². The van der Waals surface area contributed by atoms with E-state index in [1.165, 1.54) is 5.56 Å². The summed E-state index contributed by atoms with van der Waals surface area (Å²) in [6.07, 6.45) is 1.86. The molecule has 1 saturated heterocycles. The maximum absolute atomic E-state index is 12.7. The number of methoxy groups -OCH3 is 1. The molecule has 2 aromatic rings. The first kappa shape index (κ1) is 20.2. The molecule has 2 aromatic carbocycles. The van der Waals surface area contributed by atoms with E-state index in [4.69, 9.17) is 9.47 Å². The van der Waals surface area contributed by atoms with Crippen LogP contribution in [0.3, 0.4) is 0 Å². The molecule has 1 aliphatic heterocycles. The number of ether oxygens (including phenoxy) is 2. The lowest BCUT2D eigenvalue weighted by Crippen LogP contribution is -2.37. The van der Waals surface area contributed by atoms with Crippen LogP contribution >= 0.6 is 0 Å². The van der Waals surface area contributed by atoms with Crippen molar-refractivity contribution >= 4 is 11.6 Å². The van der Waals surface area contributed by atoms with E-state index >= 15 is 0 Å². The number of benzene rings is 2. The molecule has 1 N–H and O–H groups in total. The van der Waals surface area contributed by atoms with Gasteiger partial charge in [0, 0.05) is 24.2 Å². The largest absolute Gasteiger partial charge is 0.497 e. The highest BCUT2D eigenvalue weighted by Crippen LogP contribution is 2.24. The molecule has 1 aliphatic rings. The zero-order chi connectivity index (χ0) is 19.9. The summed E-state index contributed by atoms with van der Waals surface area (Å²) in [6.45, 7) is 6.72. The van der Waals surface area contributed by atoms with Crippen LogP contribution in [0.1, 0.15) is 32.3 Å². The van der Waals surface area contributed by atoms with Crippen LogP contribution in [0.4, 0.5) is 5.69 Å². The Hall–Kier alpha value is -2.53. The minimum Gasteiger partial charge on any atom is -0.497 e. The van der Waals surface area contributed by atoms with Gasteiger partial charge in [-0.1, -0.05) is 18.2 Å². The lowest BCUT2D eigenvalue weighted by Gasteiger charge is -2.31. The number of piperidine rings is 1. The van der Waals surface area contributed by atoms with Crippen molar-refractivity contribution in [1.82, 2.24) is 4.90 Å². The molecule has 0 spiro atoms. The van der Waals surface area contributed by atoms with Crippen LogP contribution in [-0.4, -0.2) is 37.1 Å². The number of carbonyl (C=O) groups excluding carboxylic acids is 1. The van der Waals surface area contributed by atoms with Crippen molar-refractivity contribution in [1.29, 1.82) is 0 Å². The Kier molecular flexibility index (Phi) is 6.93. The third kappa shape index (κ3) is 5.73. The summed E-state index contributed by atoms with van der Waals surface area (Å²) in [5.41, 5.74) is 2.03. The summed E-state index contributed by atoms with van der Waals surface area (Å²) in [5.74, 6) is 1.82. The smallest absolute Gasteiger partial charge is 0.227 e. The van der Waals surface area contributed by atoms with Crippen molar-refractivity contribution in [3.63, 3.8) is 0 Å². The number of rotatable bonds is 7. The fourth-order valence-corrected chi connectivity index (χ4v) is 3.55. The summed E-state index contributed by atoms with van der Waals surface area (Å²) in [7, 11) is 1.69. The van der Waals surface area contributed by atoms with Crippen molar-refractivity contribution < 1.29 is 14.3 Å². The Bertz CT molecular complexity index is 783. The van der Waals surface area contributed by atoms with Crippen molar-refractivity contribution in [2.75, 3.05) is 25.5 Å². The number of amides is 1. The Balaban J connectivity index is 1.49. The molecule has 3 rings (SSSR count). The number of hydrogen-bond donors (Lipinski definition) is 1. The number of carbonyl (C=O) groups is 1. The standard InChI is InChI=1S/C23H30N2O3/c1-17(2)28-22-9-5-7-20(15-22)24-23(26)19-10-12-25(13-11-19)16-18-6-4-8-21(14-18)27-3/h4-9,14-15,17,19H,10-13,16H2,1-3H3,(H,24,26). The van der Waals surface area contributed by atoms with Gasteiger partial charge in [0.25, 0.3) is 0 Å². The van der Waals surface area contributed by atoms with E-state index < -0.39 is 0 Å². The third-order valence-electron chi connectivity index (χ3n) is 4.97. The Labute approximate surface area is 167 Å². The second-order valence-corrected chi connectivity index (χ2v) is 7.59. The van der Waals surface area contributed by atoms with E-state index in [1.807, 2.05) is 50.2 Å². The quantitative estimate of drug-likeness (QED) is 0.774. The topological polar surface area (TPSA) is 50.8 Å². The first-order chi connectivity index (χ1) is 13.5. The molecular formula is C23H30N2O3. The molecule has 5 heteroatoms. The molecule has 1 amide bonds. The Morgan fingerprint density at radius 3 is 2.54 bits per heavy atom. The Morgan fingerprint density at radius 1 is 1.11 bits per heavy atom. The molecule has 1 heterocycles. The summed E-state index contributed by atoms with van der Waals surface area (Å²) in [6, 6.07) is 15.8. The number of nitrogens with zero attached hydrogens (tertiary/aromatic N) is 1. The van der Waals surface area contributed by atoms with Crippen molar-refractivity contribution in [2.24, 2.45) is 5.92 Å². The number of nitrogens with one attached hydrogen (secondary N) is 1. The molecule has 5 nitrogen and oxygen atoms in total. The average Bonchev–Trinajstić information content (AvgIpc) is 2.68. The molecule has 0 unspecified atom stereocenters. The molecule has 0 aliphatic carbocycles. The molecule has 0 aromatic heterocycles. The van der Waals surface area contributed by atoms with Gasteiger partial charge in [-0.2, -0.15) is 0 Å². The van der Waals surface area contributed by atoms with Gasteiger partial charge < -0.3 is 14.8 Å². The SMILES string of the molecule is COc1cccc(CN2CCC(C(=O)Nc3cccc(OC(C)C)c3)CC2)c1. The fraction of sp³-hybridized carbons (Fsp3) is 0.435. The summed E-state index contributed by atoms with van der Waals surface area (Å²) < 4.78 is 11.0. The maximum atomic E-state index is 12.7. The van der Waals surface area contributed by atoms with Crippen molar-refractivity contribution in [3.8, 4) is 11.5 Å². The molecule has 1 fully saturated rings. The molecular weight excluding hydrogens is 352 g/mol. The summed E-state index contributed by atoms with van der Waals surface area (Å²) >= 11 is 0. The van der Waals surface area contributed by atoms with Gasteiger partial charge in [-0.3, -0.25) is 9.69 Å². The van der Waals surface area contributed by atoms with E-state index in [0.717, 1.165) is 49.7 Å². The van der Waals surface area contributed by atoms with E-state index in [9.17, 15) is 4.79 Å². The fourth-order valence-electron chi connectivity index (χ4n) is 3.55. The molecule has 150 valence electrons. The van der Waals surface area contributed by atoms with Gasteiger partial charge >= 0.3 is 0 Å². The van der Waals surface area contributed by atoms with Crippen LogP contribution in [0.5, 0.6) is 11.5 Å². The van der Waals surface area contributed by atoms with E-state index in [1.54, 1.807) is 7.11 Å². The minimum atomic E-state index is 0.0521. The molecule has 0 saturated carbocycles. The summed E-state index contributed by atoms with van der Waals surface area (Å²) in [5, 5.41) is 3.05. The van der Waals surface area contributed by atoms with Gasteiger partial charge in [0.05, 0.1) is 13.2 Å². The highest BCUT2D eigenvalue weighted by atomic mass is 16.5. The summed E-state index contributed by atoms with van der Waals surface area (Å²) in [4.78, 5) is 15.1. The Morgan fingerprint density at radius 2 is 1.82 bits per heavy atom. The first-order valence-corrected chi connectivity index (χ1v) is 9.96. The highest BCUT2D eigenvalue weighted by molar-refractivity contribution is 5.92. The van der Waals surface area contributed by atoms with Gasteiger partial charge in [0.2, 0.25) is 5.91 Å². The molecule has 0 bridgehead atoms. The van der Waals surface area contributed by atoms with E-state index in [2.05, 4.69) is 22.3 Å². The predicted molar refractivity (Wildman–Crippen MR) is 112 cm³/mol.